The molecule has 19 heavy (non-hydrogen) atoms. The smallest absolute Gasteiger partial charge is 0.261 e. The first-order chi connectivity index (χ1) is 8.88. The molecule has 0 spiro atoms. The summed E-state index contributed by atoms with van der Waals surface area (Å²) in [6.45, 7) is 0. The van der Waals surface area contributed by atoms with Gasteiger partial charge in [-0.05, 0) is 36.4 Å². The molecule has 1 N–H and O–H groups in total. The van der Waals surface area contributed by atoms with E-state index in [1.165, 1.54) is 24.3 Å². The topological polar surface area (TPSA) is 46.2 Å². The van der Waals surface area contributed by atoms with Crippen molar-refractivity contribution >= 4 is 50.5 Å². The Hall–Kier alpha value is -0.940. The molecule has 100 valence electrons. The number of benzene rings is 2. The van der Waals surface area contributed by atoms with Gasteiger partial charge in [0.05, 0.1) is 15.6 Å². The number of sulfonamides is 1. The molecule has 0 saturated heterocycles. The lowest BCUT2D eigenvalue weighted by atomic mass is 10.3. The van der Waals surface area contributed by atoms with Crippen molar-refractivity contribution in [1.82, 2.24) is 0 Å². The van der Waals surface area contributed by atoms with Crippen LogP contribution < -0.4 is 4.72 Å². The van der Waals surface area contributed by atoms with Crippen molar-refractivity contribution in [2.24, 2.45) is 0 Å². The molecular formula is C12H8Cl3NO2S. The number of hydrogen-bond donors (Lipinski definition) is 1. The fourth-order valence-corrected chi connectivity index (χ4v) is 3.30. The van der Waals surface area contributed by atoms with Gasteiger partial charge in [0.2, 0.25) is 0 Å². The van der Waals surface area contributed by atoms with Crippen LogP contribution in [0, 0.1) is 0 Å². The van der Waals surface area contributed by atoms with E-state index in [1.807, 2.05) is 0 Å². The van der Waals surface area contributed by atoms with E-state index in [2.05, 4.69) is 4.72 Å². The van der Waals surface area contributed by atoms with Gasteiger partial charge < -0.3 is 0 Å². The Kier molecular flexibility index (Phi) is 4.26. The summed E-state index contributed by atoms with van der Waals surface area (Å²) in [4.78, 5) is 0.0611. The van der Waals surface area contributed by atoms with Crippen molar-refractivity contribution in [2.45, 2.75) is 4.90 Å². The van der Waals surface area contributed by atoms with E-state index < -0.39 is 10.0 Å². The van der Waals surface area contributed by atoms with Crippen molar-refractivity contribution in [3.05, 3.63) is 57.5 Å². The summed E-state index contributed by atoms with van der Waals surface area (Å²) < 4.78 is 26.6. The van der Waals surface area contributed by atoms with Crippen LogP contribution in [0.3, 0.4) is 0 Å². The van der Waals surface area contributed by atoms with Crippen LogP contribution in [0.5, 0.6) is 0 Å². The van der Waals surface area contributed by atoms with E-state index in [-0.39, 0.29) is 15.6 Å². The van der Waals surface area contributed by atoms with Gasteiger partial charge in [0.15, 0.2) is 0 Å². The monoisotopic (exact) mass is 335 g/mol. The minimum absolute atomic E-state index is 0.0611. The van der Waals surface area contributed by atoms with Gasteiger partial charge >= 0.3 is 0 Å². The van der Waals surface area contributed by atoms with Gasteiger partial charge in [-0.1, -0.05) is 40.9 Å². The van der Waals surface area contributed by atoms with Crippen LogP contribution in [0.15, 0.2) is 47.4 Å². The molecule has 0 aliphatic rings. The molecule has 2 aromatic carbocycles. The SMILES string of the molecule is O=S(=O)(Nc1ccc(Cl)cc1Cl)c1cccc(Cl)c1. The van der Waals surface area contributed by atoms with Gasteiger partial charge in [-0.3, -0.25) is 4.72 Å². The Balaban J connectivity index is 2.36. The number of hydrogen-bond acceptors (Lipinski definition) is 2. The number of nitrogens with one attached hydrogen (secondary N) is 1. The molecule has 2 rings (SSSR count). The van der Waals surface area contributed by atoms with Gasteiger partial charge in [-0.15, -0.1) is 0 Å². The van der Waals surface area contributed by atoms with Gasteiger partial charge in [-0.25, -0.2) is 8.42 Å². The first kappa shape index (κ1) is 14.5. The molecule has 7 heteroatoms. The van der Waals surface area contributed by atoms with E-state index in [0.717, 1.165) is 0 Å². The molecule has 0 aromatic heterocycles. The van der Waals surface area contributed by atoms with Crippen molar-refractivity contribution < 1.29 is 8.42 Å². The van der Waals surface area contributed by atoms with E-state index >= 15 is 0 Å². The first-order valence-electron chi connectivity index (χ1n) is 5.12. The number of halogens is 3. The molecule has 0 unspecified atom stereocenters. The molecule has 2 aromatic rings. The maximum atomic E-state index is 12.1. The highest BCUT2D eigenvalue weighted by Crippen LogP contribution is 2.28. The van der Waals surface area contributed by atoms with Crippen molar-refractivity contribution in [1.29, 1.82) is 0 Å². The minimum Gasteiger partial charge on any atom is -0.278 e. The zero-order chi connectivity index (χ0) is 14.0. The fourth-order valence-electron chi connectivity index (χ4n) is 1.41. The van der Waals surface area contributed by atoms with Gasteiger partial charge in [0.25, 0.3) is 10.0 Å². The third-order valence-electron chi connectivity index (χ3n) is 2.28. The van der Waals surface area contributed by atoms with Gasteiger partial charge in [0.1, 0.15) is 0 Å². The van der Waals surface area contributed by atoms with Crippen molar-refractivity contribution in [3.63, 3.8) is 0 Å². The fraction of sp³-hybridized carbons (Fsp3) is 0. The minimum atomic E-state index is -3.73. The number of rotatable bonds is 3. The highest BCUT2D eigenvalue weighted by atomic mass is 35.5. The summed E-state index contributed by atoms with van der Waals surface area (Å²) in [5, 5.41) is 0.985. The largest absolute Gasteiger partial charge is 0.278 e. The van der Waals surface area contributed by atoms with Crippen LogP contribution >= 0.6 is 34.8 Å². The molecule has 3 nitrogen and oxygen atoms in total. The Morgan fingerprint density at radius 3 is 2.21 bits per heavy atom. The van der Waals surface area contributed by atoms with E-state index in [4.69, 9.17) is 34.8 Å². The third kappa shape index (κ3) is 3.54. The van der Waals surface area contributed by atoms with Crippen LogP contribution in [-0.2, 0) is 10.0 Å². The lowest BCUT2D eigenvalue weighted by molar-refractivity contribution is 0.601. The van der Waals surface area contributed by atoms with E-state index in [1.54, 1.807) is 18.2 Å². The highest BCUT2D eigenvalue weighted by Gasteiger charge is 2.16. The maximum absolute atomic E-state index is 12.1. The summed E-state index contributed by atoms with van der Waals surface area (Å²) in [5.74, 6) is 0. The standard InChI is InChI=1S/C12H8Cl3NO2S/c13-8-2-1-3-10(6-8)19(17,18)16-12-5-4-9(14)7-11(12)15/h1-7,16H. The molecule has 0 fully saturated rings. The van der Waals surface area contributed by atoms with Crippen LogP contribution in [0.4, 0.5) is 5.69 Å². The van der Waals surface area contributed by atoms with E-state index in [9.17, 15) is 8.42 Å². The normalized spacial score (nSPS) is 11.3. The van der Waals surface area contributed by atoms with Gasteiger partial charge in [-0.2, -0.15) is 0 Å². The lowest BCUT2D eigenvalue weighted by Gasteiger charge is -2.10. The zero-order valence-corrected chi connectivity index (χ0v) is 12.5. The molecule has 0 saturated carbocycles. The first-order valence-corrected chi connectivity index (χ1v) is 7.73. The summed E-state index contributed by atoms with van der Waals surface area (Å²) >= 11 is 17.4. The Labute approximate surface area is 126 Å². The second kappa shape index (κ2) is 5.59. The number of anilines is 1. The predicted octanol–water partition coefficient (Wildman–Crippen LogP) is 4.45. The molecule has 0 bridgehead atoms. The molecule has 0 aliphatic heterocycles. The predicted molar refractivity (Wildman–Crippen MR) is 78.7 cm³/mol. The van der Waals surface area contributed by atoms with Crippen LogP contribution in [-0.4, -0.2) is 8.42 Å². The Bertz CT molecular complexity index is 717. The summed E-state index contributed by atoms with van der Waals surface area (Å²) in [7, 11) is -3.73. The second-order valence-electron chi connectivity index (χ2n) is 3.69. The Morgan fingerprint density at radius 2 is 1.58 bits per heavy atom. The molecular weight excluding hydrogens is 329 g/mol. The second-order valence-corrected chi connectivity index (χ2v) is 6.65. The highest BCUT2D eigenvalue weighted by molar-refractivity contribution is 7.92. The molecule has 0 aliphatic carbocycles. The van der Waals surface area contributed by atoms with Crippen LogP contribution in [0.1, 0.15) is 0 Å². The summed E-state index contributed by atoms with van der Waals surface area (Å²) in [6.07, 6.45) is 0. The van der Waals surface area contributed by atoms with Crippen LogP contribution in [0.25, 0.3) is 0 Å². The molecule has 0 amide bonds. The lowest BCUT2D eigenvalue weighted by Crippen LogP contribution is -2.13. The van der Waals surface area contributed by atoms with Crippen molar-refractivity contribution in [2.75, 3.05) is 4.72 Å². The quantitative estimate of drug-likeness (QED) is 0.900. The van der Waals surface area contributed by atoms with Gasteiger partial charge in [0, 0.05) is 10.0 Å². The molecule has 0 atom stereocenters. The maximum Gasteiger partial charge on any atom is 0.261 e. The van der Waals surface area contributed by atoms with Crippen molar-refractivity contribution in [3.8, 4) is 0 Å². The average Bonchev–Trinajstić information content (AvgIpc) is 2.33. The average molecular weight is 337 g/mol. The summed E-state index contributed by atoms with van der Waals surface area (Å²) in [5.41, 5.74) is 0.256. The molecule has 0 heterocycles. The molecule has 0 radical (unpaired) electrons. The zero-order valence-electron chi connectivity index (χ0n) is 9.40. The van der Waals surface area contributed by atoms with E-state index in [0.29, 0.717) is 10.0 Å². The Morgan fingerprint density at radius 1 is 0.895 bits per heavy atom. The third-order valence-corrected chi connectivity index (χ3v) is 4.43. The van der Waals surface area contributed by atoms with Crippen LogP contribution in [0.2, 0.25) is 15.1 Å². The summed E-state index contributed by atoms with van der Waals surface area (Å²) in [6, 6.07) is 10.4.